The van der Waals surface area contributed by atoms with Gasteiger partial charge >= 0.3 is 0 Å². The van der Waals surface area contributed by atoms with Gasteiger partial charge in [-0.1, -0.05) is 47.7 Å². The van der Waals surface area contributed by atoms with Crippen LogP contribution in [-0.4, -0.2) is 32.7 Å². The molecule has 0 aliphatic rings. The van der Waals surface area contributed by atoms with Gasteiger partial charge in [0.2, 0.25) is 5.91 Å². The number of sulfone groups is 1. The monoisotopic (exact) mass is 419 g/mol. The highest BCUT2D eigenvalue weighted by Crippen LogP contribution is 2.22. The molecule has 1 amide bonds. The topological polar surface area (TPSA) is 72.5 Å². The van der Waals surface area contributed by atoms with Gasteiger partial charge in [-0.25, -0.2) is 8.42 Å². The van der Waals surface area contributed by atoms with E-state index >= 15 is 0 Å². The van der Waals surface area contributed by atoms with Gasteiger partial charge in [0.1, 0.15) is 12.4 Å². The fraction of sp³-hybridized carbons (Fsp3) is 0.286. The van der Waals surface area contributed by atoms with Crippen molar-refractivity contribution in [2.45, 2.75) is 30.4 Å². The van der Waals surface area contributed by atoms with Crippen LogP contribution in [0.4, 0.5) is 0 Å². The third kappa shape index (κ3) is 6.29. The van der Waals surface area contributed by atoms with Gasteiger partial charge in [-0.15, -0.1) is 0 Å². The van der Waals surface area contributed by atoms with Crippen LogP contribution in [0.5, 0.6) is 5.75 Å². The number of hydrogen-bond donors (Lipinski definition) is 1. The van der Waals surface area contributed by atoms with Crippen molar-refractivity contribution in [2.24, 2.45) is 0 Å². The smallest absolute Gasteiger partial charge is 0.225 e. The molecular weight excluding hydrogens is 398 g/mol. The normalized spacial score (nSPS) is 10.9. The van der Waals surface area contributed by atoms with Crippen LogP contribution in [-0.2, 0) is 21.1 Å². The minimum Gasteiger partial charge on any atom is -0.479 e. The van der Waals surface area contributed by atoms with E-state index in [1.54, 1.807) is 38.1 Å². The Morgan fingerprint density at radius 2 is 1.79 bits per heavy atom. The summed E-state index contributed by atoms with van der Waals surface area (Å²) in [4.78, 5) is 12.2. The number of amides is 1. The maximum atomic E-state index is 12.1. The van der Waals surface area contributed by atoms with E-state index < -0.39 is 15.1 Å². The lowest BCUT2D eigenvalue weighted by atomic mass is 10.1. The first-order chi connectivity index (χ1) is 13.3. The van der Waals surface area contributed by atoms with Gasteiger partial charge in [-0.2, -0.15) is 0 Å². The molecule has 2 aromatic carbocycles. The Morgan fingerprint density at radius 3 is 2.43 bits per heavy atom. The van der Waals surface area contributed by atoms with E-state index in [-0.39, 0.29) is 30.4 Å². The van der Waals surface area contributed by atoms with Crippen LogP contribution in [0.3, 0.4) is 0 Å². The zero-order valence-electron chi connectivity index (χ0n) is 15.7. The van der Waals surface area contributed by atoms with Crippen LogP contribution < -0.4 is 10.1 Å². The molecule has 0 saturated carbocycles. The summed E-state index contributed by atoms with van der Waals surface area (Å²) in [5, 5.41) is 2.73. The average molecular weight is 420 g/mol. The molecule has 2 rings (SSSR count). The highest BCUT2D eigenvalue weighted by molar-refractivity contribution is 7.92. The molecule has 0 radical (unpaired) electrons. The number of ether oxygens (including phenoxy) is 1. The average Bonchev–Trinajstić information content (AvgIpc) is 2.66. The maximum absolute atomic E-state index is 12.1. The second-order valence-corrected chi connectivity index (χ2v) is 9.18. The summed E-state index contributed by atoms with van der Waals surface area (Å²) >= 11 is 5.97. The first-order valence-corrected chi connectivity index (χ1v) is 10.7. The van der Waals surface area contributed by atoms with E-state index in [0.717, 1.165) is 5.56 Å². The van der Waals surface area contributed by atoms with Crippen LogP contribution in [0, 0.1) is 11.8 Å². The van der Waals surface area contributed by atoms with Gasteiger partial charge in [0, 0.05) is 0 Å². The van der Waals surface area contributed by atoms with E-state index in [2.05, 4.69) is 17.2 Å². The Morgan fingerprint density at radius 1 is 1.11 bits per heavy atom. The molecule has 148 valence electrons. The van der Waals surface area contributed by atoms with E-state index in [4.69, 9.17) is 16.3 Å². The maximum Gasteiger partial charge on any atom is 0.225 e. The van der Waals surface area contributed by atoms with Crippen molar-refractivity contribution in [3.8, 4) is 17.6 Å². The molecule has 0 saturated heterocycles. The predicted octanol–water partition coefficient (Wildman–Crippen LogP) is 3.26. The van der Waals surface area contributed by atoms with Crippen molar-refractivity contribution in [3.63, 3.8) is 0 Å². The molecule has 0 atom stereocenters. The highest BCUT2D eigenvalue weighted by Gasteiger charge is 2.18. The van der Waals surface area contributed by atoms with E-state index in [1.807, 2.05) is 12.1 Å². The molecule has 0 bridgehead atoms. The Labute approximate surface area is 171 Å². The largest absolute Gasteiger partial charge is 0.479 e. The molecule has 5 nitrogen and oxygen atoms in total. The fourth-order valence-corrected chi connectivity index (χ4v) is 3.50. The molecule has 0 spiro atoms. The molecule has 0 fully saturated rings. The Kier molecular flexibility index (Phi) is 7.91. The summed E-state index contributed by atoms with van der Waals surface area (Å²) in [6.45, 7) is 3.64. The van der Waals surface area contributed by atoms with Gasteiger partial charge in [-0.3, -0.25) is 4.79 Å². The van der Waals surface area contributed by atoms with Gasteiger partial charge in [-0.05, 0) is 43.7 Å². The van der Waals surface area contributed by atoms with E-state index in [1.165, 1.54) is 12.1 Å². The molecule has 2 aromatic rings. The van der Waals surface area contributed by atoms with Crippen molar-refractivity contribution in [2.75, 3.05) is 13.2 Å². The predicted molar refractivity (Wildman–Crippen MR) is 110 cm³/mol. The number of hydrogen-bond acceptors (Lipinski definition) is 4. The number of rotatable bonds is 7. The van der Waals surface area contributed by atoms with Crippen molar-refractivity contribution >= 4 is 27.3 Å². The van der Waals surface area contributed by atoms with Crippen LogP contribution in [0.2, 0.25) is 5.02 Å². The quantitative estimate of drug-likeness (QED) is 0.699. The Bertz CT molecular complexity index is 973. The Balaban J connectivity index is 1.77. The molecular formula is C21H22ClNO4S. The summed E-state index contributed by atoms with van der Waals surface area (Å²) in [6, 6.07) is 13.5. The van der Waals surface area contributed by atoms with Crippen LogP contribution in [0.15, 0.2) is 53.4 Å². The number of halogens is 1. The summed E-state index contributed by atoms with van der Waals surface area (Å²) in [5.74, 6) is 5.97. The minimum absolute atomic E-state index is 0.153. The van der Waals surface area contributed by atoms with Gasteiger partial charge in [0.25, 0.3) is 0 Å². The summed E-state index contributed by atoms with van der Waals surface area (Å²) in [6.07, 6.45) is 0.153. The first-order valence-electron chi connectivity index (χ1n) is 8.73. The molecule has 0 heterocycles. The zero-order chi connectivity index (χ0) is 20.6. The summed E-state index contributed by atoms with van der Waals surface area (Å²) < 4.78 is 29.6. The molecule has 0 aromatic heterocycles. The number of benzene rings is 2. The second kappa shape index (κ2) is 10.2. The fourth-order valence-electron chi connectivity index (χ4n) is 2.25. The molecule has 0 aliphatic carbocycles. The summed E-state index contributed by atoms with van der Waals surface area (Å²) in [5.41, 5.74) is 0.732. The lowest BCUT2D eigenvalue weighted by Gasteiger charge is -2.08. The molecule has 1 N–H and O–H groups in total. The van der Waals surface area contributed by atoms with Crippen molar-refractivity contribution < 1.29 is 17.9 Å². The van der Waals surface area contributed by atoms with Crippen molar-refractivity contribution in [3.05, 3.63) is 59.1 Å². The summed E-state index contributed by atoms with van der Waals surface area (Å²) in [7, 11) is -3.31. The molecule has 28 heavy (non-hydrogen) atoms. The van der Waals surface area contributed by atoms with Crippen molar-refractivity contribution in [1.29, 1.82) is 0 Å². The number of carbonyl (C=O) groups excluding carboxylic acids is 1. The lowest BCUT2D eigenvalue weighted by molar-refractivity contribution is -0.120. The number of para-hydroxylation sites is 1. The Hall–Kier alpha value is -2.49. The SMILES string of the molecule is CC(C)S(=O)(=O)c1ccc(CC(=O)NCC#CCOc2ccccc2Cl)cc1. The minimum atomic E-state index is -3.31. The first kappa shape index (κ1) is 21.8. The van der Waals surface area contributed by atoms with E-state index in [0.29, 0.717) is 10.8 Å². The molecule has 7 heteroatoms. The zero-order valence-corrected chi connectivity index (χ0v) is 17.3. The van der Waals surface area contributed by atoms with Crippen LogP contribution in [0.1, 0.15) is 19.4 Å². The van der Waals surface area contributed by atoms with Crippen LogP contribution >= 0.6 is 11.6 Å². The third-order valence-corrected chi connectivity index (χ3v) is 6.36. The highest BCUT2D eigenvalue weighted by atomic mass is 35.5. The van der Waals surface area contributed by atoms with Crippen LogP contribution in [0.25, 0.3) is 0 Å². The van der Waals surface area contributed by atoms with Crippen molar-refractivity contribution in [1.82, 2.24) is 5.32 Å². The number of nitrogens with one attached hydrogen (secondary N) is 1. The van der Waals surface area contributed by atoms with E-state index in [9.17, 15) is 13.2 Å². The van der Waals surface area contributed by atoms with Gasteiger partial charge in [0.05, 0.1) is 28.1 Å². The standard InChI is InChI=1S/C21H22ClNO4S/c1-16(2)28(25,26)18-11-9-17(10-12-18)15-21(24)23-13-5-6-14-27-20-8-4-3-7-19(20)22/h3-4,7-12,16H,13-15H2,1-2H3,(H,23,24). The molecule has 0 aliphatic heterocycles. The van der Waals surface area contributed by atoms with Gasteiger partial charge < -0.3 is 10.1 Å². The van der Waals surface area contributed by atoms with Gasteiger partial charge in [0.15, 0.2) is 9.84 Å². The second-order valence-electron chi connectivity index (χ2n) is 6.26. The lowest BCUT2D eigenvalue weighted by Crippen LogP contribution is -2.25. The number of carbonyl (C=O) groups is 1. The molecule has 0 unspecified atom stereocenters. The third-order valence-electron chi connectivity index (χ3n) is 3.87.